The van der Waals surface area contributed by atoms with E-state index in [1.807, 2.05) is 0 Å². The van der Waals surface area contributed by atoms with Crippen LogP contribution in [0.5, 0.6) is 0 Å². The van der Waals surface area contributed by atoms with Crippen molar-refractivity contribution in [3.05, 3.63) is 35.4 Å². The number of piperidine rings is 1. The SMILES string of the molecule is CC(C)c1ccc(C(N)CC2CCCCN2)cc1. The molecule has 18 heavy (non-hydrogen) atoms. The number of nitrogens with two attached hydrogens (primary N) is 1. The molecule has 2 heteroatoms. The second-order valence-electron chi connectivity index (χ2n) is 5.81. The van der Waals surface area contributed by atoms with Crippen molar-refractivity contribution >= 4 is 0 Å². The minimum atomic E-state index is 0.168. The Kier molecular flexibility index (Phi) is 4.79. The maximum absolute atomic E-state index is 6.31. The monoisotopic (exact) mass is 246 g/mol. The molecule has 2 rings (SSSR count). The van der Waals surface area contributed by atoms with Crippen LogP contribution in [-0.4, -0.2) is 12.6 Å². The largest absolute Gasteiger partial charge is 0.324 e. The summed E-state index contributed by atoms with van der Waals surface area (Å²) >= 11 is 0. The Hall–Kier alpha value is -0.860. The lowest BCUT2D eigenvalue weighted by molar-refractivity contribution is 0.362. The van der Waals surface area contributed by atoms with Crippen LogP contribution in [-0.2, 0) is 0 Å². The normalized spacial score (nSPS) is 22.1. The summed E-state index contributed by atoms with van der Waals surface area (Å²) in [5.41, 5.74) is 8.97. The molecule has 0 spiro atoms. The lowest BCUT2D eigenvalue weighted by Gasteiger charge is -2.26. The Morgan fingerprint density at radius 1 is 1.17 bits per heavy atom. The summed E-state index contributed by atoms with van der Waals surface area (Å²) in [5, 5.41) is 3.57. The quantitative estimate of drug-likeness (QED) is 0.855. The zero-order chi connectivity index (χ0) is 13.0. The molecule has 1 aromatic rings. The van der Waals surface area contributed by atoms with E-state index in [0.717, 1.165) is 13.0 Å². The Bertz CT molecular complexity index is 350. The van der Waals surface area contributed by atoms with Crippen molar-refractivity contribution in [2.24, 2.45) is 5.73 Å². The number of hydrogen-bond donors (Lipinski definition) is 2. The average molecular weight is 246 g/mol. The molecule has 0 bridgehead atoms. The molecule has 2 unspecified atom stereocenters. The standard InChI is InChI=1S/C16H26N2/c1-12(2)13-6-8-14(9-7-13)16(17)11-15-5-3-4-10-18-15/h6-9,12,15-16,18H,3-5,10-11,17H2,1-2H3. The Morgan fingerprint density at radius 2 is 1.83 bits per heavy atom. The molecular formula is C16H26N2. The zero-order valence-electron chi connectivity index (χ0n) is 11.7. The number of rotatable bonds is 4. The highest BCUT2D eigenvalue weighted by Crippen LogP contribution is 2.22. The smallest absolute Gasteiger partial charge is 0.0309 e. The van der Waals surface area contributed by atoms with Crippen LogP contribution in [0, 0.1) is 0 Å². The van der Waals surface area contributed by atoms with Crippen molar-refractivity contribution in [3.8, 4) is 0 Å². The third-order valence-electron chi connectivity index (χ3n) is 3.98. The van der Waals surface area contributed by atoms with E-state index in [9.17, 15) is 0 Å². The summed E-state index contributed by atoms with van der Waals surface area (Å²) in [6.45, 7) is 5.60. The number of hydrogen-bond acceptors (Lipinski definition) is 2. The van der Waals surface area contributed by atoms with Crippen molar-refractivity contribution < 1.29 is 0 Å². The third-order valence-corrected chi connectivity index (χ3v) is 3.98. The van der Waals surface area contributed by atoms with Crippen molar-refractivity contribution in [1.82, 2.24) is 5.32 Å². The van der Waals surface area contributed by atoms with E-state index in [4.69, 9.17) is 5.73 Å². The molecule has 1 aliphatic rings. The molecule has 0 amide bonds. The van der Waals surface area contributed by atoms with E-state index in [2.05, 4.69) is 43.4 Å². The molecule has 1 saturated heterocycles. The minimum Gasteiger partial charge on any atom is -0.324 e. The Morgan fingerprint density at radius 3 is 2.39 bits per heavy atom. The highest BCUT2D eigenvalue weighted by molar-refractivity contribution is 5.26. The highest BCUT2D eigenvalue weighted by Gasteiger charge is 2.17. The molecule has 1 aliphatic heterocycles. The Labute approximate surface area is 111 Å². The molecule has 0 saturated carbocycles. The molecule has 2 atom stereocenters. The van der Waals surface area contributed by atoms with E-state index in [0.29, 0.717) is 12.0 Å². The molecule has 0 radical (unpaired) electrons. The van der Waals surface area contributed by atoms with Gasteiger partial charge in [0.1, 0.15) is 0 Å². The third kappa shape index (κ3) is 3.56. The van der Waals surface area contributed by atoms with Crippen LogP contribution in [0.2, 0.25) is 0 Å². The maximum atomic E-state index is 6.31. The summed E-state index contributed by atoms with van der Waals surface area (Å²) in [6, 6.07) is 9.61. The van der Waals surface area contributed by atoms with Crippen molar-refractivity contribution in [2.75, 3.05) is 6.54 Å². The second-order valence-corrected chi connectivity index (χ2v) is 5.81. The molecule has 1 fully saturated rings. The molecule has 2 nitrogen and oxygen atoms in total. The lowest BCUT2D eigenvalue weighted by atomic mass is 9.93. The van der Waals surface area contributed by atoms with Crippen LogP contribution in [0.4, 0.5) is 0 Å². The van der Waals surface area contributed by atoms with Crippen LogP contribution in [0.1, 0.15) is 62.6 Å². The van der Waals surface area contributed by atoms with Crippen molar-refractivity contribution in [3.63, 3.8) is 0 Å². The van der Waals surface area contributed by atoms with Gasteiger partial charge in [0.05, 0.1) is 0 Å². The fourth-order valence-corrected chi connectivity index (χ4v) is 2.70. The van der Waals surface area contributed by atoms with Gasteiger partial charge in [0.15, 0.2) is 0 Å². The van der Waals surface area contributed by atoms with Gasteiger partial charge in [-0.1, -0.05) is 44.5 Å². The maximum Gasteiger partial charge on any atom is 0.0309 e. The summed E-state index contributed by atoms with van der Waals surface area (Å²) in [7, 11) is 0. The minimum absolute atomic E-state index is 0.168. The van der Waals surface area contributed by atoms with Crippen LogP contribution in [0.25, 0.3) is 0 Å². The van der Waals surface area contributed by atoms with Gasteiger partial charge in [-0.25, -0.2) is 0 Å². The van der Waals surface area contributed by atoms with Gasteiger partial charge in [-0.05, 0) is 42.9 Å². The molecule has 3 N–H and O–H groups in total. The van der Waals surface area contributed by atoms with Gasteiger partial charge in [0, 0.05) is 12.1 Å². The van der Waals surface area contributed by atoms with E-state index < -0.39 is 0 Å². The lowest BCUT2D eigenvalue weighted by Crippen LogP contribution is -2.36. The average Bonchev–Trinajstić information content (AvgIpc) is 2.40. The molecule has 0 aromatic heterocycles. The molecule has 1 aromatic carbocycles. The van der Waals surface area contributed by atoms with Gasteiger partial charge < -0.3 is 11.1 Å². The Balaban J connectivity index is 1.93. The predicted molar refractivity (Wildman–Crippen MR) is 77.7 cm³/mol. The first kappa shape index (κ1) is 13.6. The predicted octanol–water partition coefficient (Wildman–Crippen LogP) is 3.34. The summed E-state index contributed by atoms with van der Waals surface area (Å²) in [5.74, 6) is 0.593. The van der Waals surface area contributed by atoms with E-state index in [1.54, 1.807) is 0 Å². The van der Waals surface area contributed by atoms with Gasteiger partial charge >= 0.3 is 0 Å². The number of nitrogens with one attached hydrogen (secondary N) is 1. The molecular weight excluding hydrogens is 220 g/mol. The fourth-order valence-electron chi connectivity index (χ4n) is 2.70. The van der Waals surface area contributed by atoms with Crippen LogP contribution >= 0.6 is 0 Å². The zero-order valence-corrected chi connectivity index (χ0v) is 11.7. The summed E-state index contributed by atoms with van der Waals surface area (Å²) in [4.78, 5) is 0. The van der Waals surface area contributed by atoms with Gasteiger partial charge in [0.2, 0.25) is 0 Å². The van der Waals surface area contributed by atoms with Crippen LogP contribution in [0.15, 0.2) is 24.3 Å². The van der Waals surface area contributed by atoms with E-state index in [-0.39, 0.29) is 6.04 Å². The van der Waals surface area contributed by atoms with E-state index in [1.165, 1.54) is 30.4 Å². The van der Waals surface area contributed by atoms with Gasteiger partial charge in [-0.3, -0.25) is 0 Å². The topological polar surface area (TPSA) is 38.0 Å². The summed E-state index contributed by atoms with van der Waals surface area (Å²) < 4.78 is 0. The molecule has 0 aliphatic carbocycles. The summed E-state index contributed by atoms with van der Waals surface area (Å²) in [6.07, 6.45) is 4.99. The van der Waals surface area contributed by atoms with Crippen LogP contribution in [0.3, 0.4) is 0 Å². The van der Waals surface area contributed by atoms with Gasteiger partial charge in [-0.2, -0.15) is 0 Å². The molecule has 100 valence electrons. The first-order valence-electron chi connectivity index (χ1n) is 7.25. The van der Waals surface area contributed by atoms with Crippen molar-refractivity contribution in [2.45, 2.75) is 57.5 Å². The van der Waals surface area contributed by atoms with Gasteiger partial charge in [0.25, 0.3) is 0 Å². The second kappa shape index (κ2) is 6.35. The fraction of sp³-hybridized carbons (Fsp3) is 0.625. The highest BCUT2D eigenvalue weighted by atomic mass is 14.9. The first-order chi connectivity index (χ1) is 8.66. The number of benzene rings is 1. The van der Waals surface area contributed by atoms with Gasteiger partial charge in [-0.15, -0.1) is 0 Å². The first-order valence-corrected chi connectivity index (χ1v) is 7.25. The van der Waals surface area contributed by atoms with E-state index >= 15 is 0 Å². The van der Waals surface area contributed by atoms with Crippen LogP contribution < -0.4 is 11.1 Å². The molecule has 1 heterocycles. The van der Waals surface area contributed by atoms with Crippen molar-refractivity contribution in [1.29, 1.82) is 0 Å².